The van der Waals surface area contributed by atoms with Gasteiger partial charge in [0, 0.05) is 6.07 Å². The monoisotopic (exact) mass is 233 g/mol. The normalized spacial score (nSPS) is 11.3. The SMILES string of the molecule is NC(=O)c1cc(O)cc(S(=O)(=O)O)c1O. The summed E-state index contributed by atoms with van der Waals surface area (Å²) in [5.41, 5.74) is 4.21. The summed E-state index contributed by atoms with van der Waals surface area (Å²) in [6.45, 7) is 0. The highest BCUT2D eigenvalue weighted by Gasteiger charge is 2.22. The molecule has 1 rings (SSSR count). The predicted molar refractivity (Wildman–Crippen MR) is 48.1 cm³/mol. The van der Waals surface area contributed by atoms with Crippen molar-refractivity contribution in [2.24, 2.45) is 5.73 Å². The van der Waals surface area contributed by atoms with Crippen LogP contribution in [0.15, 0.2) is 17.0 Å². The third-order valence-electron chi connectivity index (χ3n) is 1.60. The Labute approximate surface area is 84.5 Å². The van der Waals surface area contributed by atoms with E-state index in [-0.39, 0.29) is 0 Å². The maximum Gasteiger partial charge on any atom is 0.298 e. The van der Waals surface area contributed by atoms with Crippen LogP contribution in [-0.4, -0.2) is 29.1 Å². The Hall–Kier alpha value is -1.80. The standard InChI is InChI=1S/C7H7NO6S/c8-7(11)4-1-3(9)2-5(6(4)10)15(12,13)14/h1-2,9-10H,(H2,8,11)(H,12,13,14). The summed E-state index contributed by atoms with van der Waals surface area (Å²) in [7, 11) is -4.73. The number of carbonyl (C=O) groups excluding carboxylic acids is 1. The molecule has 0 heterocycles. The summed E-state index contributed by atoms with van der Waals surface area (Å²) in [6, 6.07) is 1.38. The summed E-state index contributed by atoms with van der Waals surface area (Å²) in [5, 5.41) is 18.3. The molecule has 1 aromatic carbocycles. The number of phenolic OH excluding ortho intramolecular Hbond substituents is 1. The van der Waals surface area contributed by atoms with Crippen molar-refractivity contribution in [1.82, 2.24) is 0 Å². The first-order valence-electron chi connectivity index (χ1n) is 3.56. The van der Waals surface area contributed by atoms with Gasteiger partial charge in [-0.15, -0.1) is 0 Å². The van der Waals surface area contributed by atoms with Crippen LogP contribution in [0.2, 0.25) is 0 Å². The third-order valence-corrected chi connectivity index (χ3v) is 2.47. The molecule has 15 heavy (non-hydrogen) atoms. The minimum absolute atomic E-state index is 0.594. The molecule has 0 radical (unpaired) electrons. The van der Waals surface area contributed by atoms with Crippen LogP contribution in [-0.2, 0) is 10.1 Å². The summed E-state index contributed by atoms with van der Waals surface area (Å²) < 4.78 is 30.1. The highest BCUT2D eigenvalue weighted by molar-refractivity contribution is 7.86. The lowest BCUT2D eigenvalue weighted by Crippen LogP contribution is -2.12. The highest BCUT2D eigenvalue weighted by Crippen LogP contribution is 2.30. The lowest BCUT2D eigenvalue weighted by Gasteiger charge is -2.05. The molecule has 0 aliphatic carbocycles. The molecule has 0 fully saturated rings. The van der Waals surface area contributed by atoms with Crippen LogP contribution in [0.5, 0.6) is 11.5 Å². The van der Waals surface area contributed by atoms with E-state index in [9.17, 15) is 18.3 Å². The van der Waals surface area contributed by atoms with Crippen molar-refractivity contribution in [2.45, 2.75) is 4.90 Å². The molecule has 0 saturated carbocycles. The van der Waals surface area contributed by atoms with Gasteiger partial charge in [-0.05, 0) is 6.07 Å². The summed E-state index contributed by atoms with van der Waals surface area (Å²) in [5.74, 6) is -2.75. The smallest absolute Gasteiger partial charge is 0.298 e. The van der Waals surface area contributed by atoms with Gasteiger partial charge in [0.05, 0.1) is 5.56 Å². The van der Waals surface area contributed by atoms with Crippen LogP contribution >= 0.6 is 0 Å². The van der Waals surface area contributed by atoms with Crippen LogP contribution in [0.3, 0.4) is 0 Å². The number of hydrogen-bond acceptors (Lipinski definition) is 5. The maximum absolute atomic E-state index is 10.7. The fraction of sp³-hybridized carbons (Fsp3) is 0. The highest BCUT2D eigenvalue weighted by atomic mass is 32.2. The molecule has 0 spiro atoms. The molecule has 0 aliphatic rings. The van der Waals surface area contributed by atoms with E-state index >= 15 is 0 Å². The third kappa shape index (κ3) is 2.17. The molecule has 0 saturated heterocycles. The fourth-order valence-electron chi connectivity index (χ4n) is 0.978. The van der Waals surface area contributed by atoms with Gasteiger partial charge in [0.15, 0.2) is 0 Å². The van der Waals surface area contributed by atoms with Crippen molar-refractivity contribution in [3.05, 3.63) is 17.7 Å². The van der Waals surface area contributed by atoms with Crippen molar-refractivity contribution in [2.75, 3.05) is 0 Å². The van der Waals surface area contributed by atoms with E-state index in [4.69, 9.17) is 15.4 Å². The van der Waals surface area contributed by atoms with Gasteiger partial charge in [-0.1, -0.05) is 0 Å². The minimum Gasteiger partial charge on any atom is -0.508 e. The topological polar surface area (TPSA) is 138 Å². The Kier molecular flexibility index (Phi) is 2.56. The molecule has 0 bridgehead atoms. The van der Waals surface area contributed by atoms with E-state index in [0.717, 1.165) is 6.07 Å². The number of phenols is 2. The second-order valence-electron chi connectivity index (χ2n) is 2.68. The molecule has 8 heteroatoms. The zero-order valence-electron chi connectivity index (χ0n) is 7.21. The summed E-state index contributed by atoms with van der Waals surface area (Å²) in [6.07, 6.45) is 0. The molecule has 0 atom stereocenters. The van der Waals surface area contributed by atoms with E-state index in [1.54, 1.807) is 0 Å². The van der Waals surface area contributed by atoms with Crippen LogP contribution in [0.25, 0.3) is 0 Å². The van der Waals surface area contributed by atoms with Gasteiger partial charge in [0.1, 0.15) is 16.4 Å². The average molecular weight is 233 g/mol. The molecule has 7 nitrogen and oxygen atoms in total. The number of hydrogen-bond donors (Lipinski definition) is 4. The molecule has 0 unspecified atom stereocenters. The van der Waals surface area contributed by atoms with E-state index in [0.29, 0.717) is 6.07 Å². The molecule has 1 aromatic rings. The van der Waals surface area contributed by atoms with Crippen LogP contribution in [0.1, 0.15) is 10.4 Å². The van der Waals surface area contributed by atoms with Gasteiger partial charge in [-0.2, -0.15) is 8.42 Å². The van der Waals surface area contributed by atoms with Crippen molar-refractivity contribution in [1.29, 1.82) is 0 Å². The van der Waals surface area contributed by atoms with E-state index in [1.807, 2.05) is 0 Å². The van der Waals surface area contributed by atoms with Crippen molar-refractivity contribution >= 4 is 16.0 Å². The Bertz CT molecular complexity index is 521. The maximum atomic E-state index is 10.7. The number of amides is 1. The van der Waals surface area contributed by atoms with Crippen LogP contribution in [0.4, 0.5) is 0 Å². The molecule has 1 amide bonds. The van der Waals surface area contributed by atoms with Gasteiger partial charge in [0.2, 0.25) is 0 Å². The first kappa shape index (κ1) is 11.3. The Morgan fingerprint density at radius 2 is 1.80 bits per heavy atom. The molecule has 0 aliphatic heterocycles. The summed E-state index contributed by atoms with van der Waals surface area (Å²) >= 11 is 0. The predicted octanol–water partition coefficient (Wildman–Crippen LogP) is -0.557. The first-order chi connectivity index (χ1) is 6.73. The fourth-order valence-corrected chi connectivity index (χ4v) is 1.60. The lowest BCUT2D eigenvalue weighted by molar-refractivity contribution is 0.0997. The van der Waals surface area contributed by atoms with Crippen molar-refractivity contribution in [3.63, 3.8) is 0 Å². The number of aromatic hydroxyl groups is 2. The van der Waals surface area contributed by atoms with Crippen molar-refractivity contribution in [3.8, 4) is 11.5 Å². The second-order valence-corrected chi connectivity index (χ2v) is 4.07. The molecule has 82 valence electrons. The van der Waals surface area contributed by atoms with Gasteiger partial charge in [0.25, 0.3) is 16.0 Å². The zero-order valence-corrected chi connectivity index (χ0v) is 8.02. The van der Waals surface area contributed by atoms with Crippen molar-refractivity contribution < 1.29 is 28.0 Å². The van der Waals surface area contributed by atoms with Crippen LogP contribution in [0, 0.1) is 0 Å². The second kappa shape index (κ2) is 3.41. The number of carbonyl (C=O) groups is 1. The van der Waals surface area contributed by atoms with Gasteiger partial charge < -0.3 is 15.9 Å². The summed E-state index contributed by atoms with van der Waals surface area (Å²) in [4.78, 5) is 9.75. The van der Waals surface area contributed by atoms with Gasteiger partial charge in [-0.25, -0.2) is 0 Å². The van der Waals surface area contributed by atoms with Gasteiger partial charge >= 0.3 is 0 Å². The molecular weight excluding hydrogens is 226 g/mol. The van der Waals surface area contributed by atoms with E-state index in [2.05, 4.69) is 0 Å². The average Bonchev–Trinajstić information content (AvgIpc) is 2.06. The number of primary amides is 1. The Balaban J connectivity index is 3.63. The number of rotatable bonds is 2. The number of benzene rings is 1. The molecular formula is C7H7NO6S. The quantitative estimate of drug-likeness (QED) is 0.399. The first-order valence-corrected chi connectivity index (χ1v) is 5.00. The molecule has 5 N–H and O–H groups in total. The lowest BCUT2D eigenvalue weighted by atomic mass is 10.2. The largest absolute Gasteiger partial charge is 0.508 e. The van der Waals surface area contributed by atoms with Gasteiger partial charge in [-0.3, -0.25) is 9.35 Å². The Morgan fingerprint density at radius 1 is 1.27 bits per heavy atom. The van der Waals surface area contributed by atoms with E-state index in [1.165, 1.54) is 0 Å². The van der Waals surface area contributed by atoms with Crippen LogP contribution < -0.4 is 5.73 Å². The Morgan fingerprint density at radius 3 is 2.20 bits per heavy atom. The number of nitrogens with two attached hydrogens (primary N) is 1. The minimum atomic E-state index is -4.73. The van der Waals surface area contributed by atoms with E-state index < -0.39 is 38.0 Å². The zero-order chi connectivity index (χ0) is 11.8. The molecule has 0 aromatic heterocycles.